The van der Waals surface area contributed by atoms with Crippen molar-refractivity contribution in [3.8, 4) is 11.1 Å². The zero-order valence-corrected chi connectivity index (χ0v) is 25.3. The molecule has 3 aromatic carbocycles. The normalized spacial score (nSPS) is 16.4. The number of carboxylic acids is 1. The average molecular weight is 632 g/mol. The summed E-state index contributed by atoms with van der Waals surface area (Å²) < 4.78 is 65.2. The van der Waals surface area contributed by atoms with Crippen molar-refractivity contribution in [1.82, 2.24) is 9.62 Å². The van der Waals surface area contributed by atoms with Gasteiger partial charge in [0.25, 0.3) is 5.91 Å². The summed E-state index contributed by atoms with van der Waals surface area (Å²) in [6.07, 6.45) is -3.32. The maximum absolute atomic E-state index is 13.3. The molecule has 44 heavy (non-hydrogen) atoms. The van der Waals surface area contributed by atoms with Crippen molar-refractivity contribution in [1.29, 1.82) is 0 Å². The number of carboxylic acid groups (broad SMARTS) is 1. The van der Waals surface area contributed by atoms with Crippen molar-refractivity contribution in [2.45, 2.75) is 51.4 Å². The Morgan fingerprint density at radius 3 is 2.39 bits per heavy atom. The fourth-order valence-corrected chi connectivity index (χ4v) is 5.82. The van der Waals surface area contributed by atoms with Crippen LogP contribution in [0.4, 0.5) is 18.9 Å². The standard InChI is InChI=1S/C32H36F3N3O5S/c1-21-17-25(24-6-3-5-22(18-24)19-36-44(2,42)43)10-13-28(21)29(14-15-32(33,34)35)37-27-11-8-23(9-12-27)30(39)38-16-4-7-26(20-38)31(40)41/h3,5-6,8-13,17-18,26,29,36-37H,4,7,14-16,19-20H2,1-2H3,(H,40,41)/t26-,29?/m1/s1. The molecule has 1 aliphatic heterocycles. The van der Waals surface area contributed by atoms with Crippen molar-refractivity contribution in [2.24, 2.45) is 5.92 Å². The summed E-state index contributed by atoms with van der Waals surface area (Å²) in [5.41, 5.74) is 4.85. The van der Waals surface area contributed by atoms with Gasteiger partial charge in [-0.1, -0.05) is 36.4 Å². The quantitative estimate of drug-likeness (QED) is 0.234. The van der Waals surface area contributed by atoms with Crippen molar-refractivity contribution >= 4 is 27.6 Å². The van der Waals surface area contributed by atoms with Crippen LogP contribution in [0.1, 0.15) is 58.8 Å². The summed E-state index contributed by atoms with van der Waals surface area (Å²) in [6, 6.07) is 18.7. The summed E-state index contributed by atoms with van der Waals surface area (Å²) in [5.74, 6) is -1.80. The fourth-order valence-electron chi connectivity index (χ4n) is 5.39. The number of rotatable bonds is 11. The summed E-state index contributed by atoms with van der Waals surface area (Å²) in [4.78, 5) is 25.9. The number of nitrogens with zero attached hydrogens (tertiary/aromatic N) is 1. The first kappa shape index (κ1) is 33.0. The molecule has 0 aliphatic carbocycles. The van der Waals surface area contributed by atoms with Crippen LogP contribution in [0, 0.1) is 12.8 Å². The van der Waals surface area contributed by atoms with Gasteiger partial charge in [0, 0.05) is 37.3 Å². The molecular weight excluding hydrogens is 595 g/mol. The van der Waals surface area contributed by atoms with E-state index in [-0.39, 0.29) is 25.4 Å². The number of aliphatic carboxylic acids is 1. The molecule has 0 spiro atoms. The molecule has 4 rings (SSSR count). The molecule has 12 heteroatoms. The Kier molecular flexibility index (Phi) is 10.4. The highest BCUT2D eigenvalue weighted by Gasteiger charge is 2.30. The molecule has 236 valence electrons. The van der Waals surface area contributed by atoms with Gasteiger partial charge in [0.1, 0.15) is 0 Å². The first-order valence-corrected chi connectivity index (χ1v) is 16.2. The fraction of sp³-hybridized carbons (Fsp3) is 0.375. The smallest absolute Gasteiger partial charge is 0.389 e. The SMILES string of the molecule is Cc1cc(-c2cccc(CNS(C)(=O)=O)c2)ccc1C(CCC(F)(F)F)Nc1ccc(C(=O)N2CCC[C@@H](C(=O)O)C2)cc1. The predicted molar refractivity (Wildman–Crippen MR) is 163 cm³/mol. The van der Waals surface area contributed by atoms with Crippen molar-refractivity contribution in [2.75, 3.05) is 24.7 Å². The number of benzene rings is 3. The number of likely N-dealkylation sites (tertiary alicyclic amines) is 1. The van der Waals surface area contributed by atoms with Crippen LogP contribution in [-0.4, -0.2) is 55.8 Å². The highest BCUT2D eigenvalue weighted by Crippen LogP contribution is 2.34. The molecule has 1 amide bonds. The van der Waals surface area contributed by atoms with Gasteiger partial charge >= 0.3 is 12.1 Å². The Morgan fingerprint density at radius 1 is 1.05 bits per heavy atom. The number of sulfonamides is 1. The lowest BCUT2D eigenvalue weighted by molar-refractivity contribution is -0.143. The second kappa shape index (κ2) is 13.8. The largest absolute Gasteiger partial charge is 0.481 e. The lowest BCUT2D eigenvalue weighted by Crippen LogP contribution is -2.42. The minimum atomic E-state index is -4.34. The molecule has 0 aromatic heterocycles. The molecule has 3 aromatic rings. The zero-order chi connectivity index (χ0) is 32.1. The average Bonchev–Trinajstić information content (AvgIpc) is 2.97. The molecule has 2 atom stereocenters. The van der Waals surface area contributed by atoms with Crippen LogP contribution >= 0.6 is 0 Å². The van der Waals surface area contributed by atoms with E-state index in [1.165, 1.54) is 4.90 Å². The first-order chi connectivity index (χ1) is 20.7. The van der Waals surface area contributed by atoms with Crippen molar-refractivity contribution in [3.05, 3.63) is 89.0 Å². The van der Waals surface area contributed by atoms with Crippen molar-refractivity contribution < 1.29 is 36.3 Å². The molecule has 1 unspecified atom stereocenters. The first-order valence-electron chi connectivity index (χ1n) is 14.3. The molecule has 0 saturated carbocycles. The van der Waals surface area contributed by atoms with Gasteiger partial charge in [-0.15, -0.1) is 0 Å². The predicted octanol–water partition coefficient (Wildman–Crippen LogP) is 6.14. The highest BCUT2D eigenvalue weighted by atomic mass is 32.2. The molecule has 0 bridgehead atoms. The van der Waals surface area contributed by atoms with E-state index in [1.54, 1.807) is 36.4 Å². The molecule has 0 radical (unpaired) electrons. The molecule has 1 saturated heterocycles. The van der Waals surface area contributed by atoms with Gasteiger partial charge in [0.2, 0.25) is 10.0 Å². The lowest BCUT2D eigenvalue weighted by Gasteiger charge is -2.30. The number of piperidine rings is 1. The third-order valence-corrected chi connectivity index (χ3v) is 8.36. The number of nitrogens with one attached hydrogen (secondary N) is 2. The number of amides is 1. The van der Waals surface area contributed by atoms with E-state index in [0.29, 0.717) is 36.2 Å². The molecular formula is C32H36F3N3O5S. The third-order valence-electron chi connectivity index (χ3n) is 7.69. The van der Waals surface area contributed by atoms with Gasteiger partial charge in [-0.05, 0) is 84.3 Å². The number of aryl methyl sites for hydroxylation is 1. The maximum atomic E-state index is 13.3. The number of carbonyl (C=O) groups excluding carboxylic acids is 1. The van der Waals surface area contributed by atoms with Gasteiger partial charge in [-0.25, -0.2) is 13.1 Å². The van der Waals surface area contributed by atoms with Crippen LogP contribution in [0.5, 0.6) is 0 Å². The van der Waals surface area contributed by atoms with E-state index < -0.39 is 40.5 Å². The van der Waals surface area contributed by atoms with Crippen LogP contribution in [-0.2, 0) is 21.4 Å². The minimum Gasteiger partial charge on any atom is -0.481 e. The van der Waals surface area contributed by atoms with Crippen LogP contribution in [0.2, 0.25) is 0 Å². The molecule has 1 fully saturated rings. The van der Waals surface area contributed by atoms with E-state index in [9.17, 15) is 36.3 Å². The second-order valence-corrected chi connectivity index (χ2v) is 13.1. The minimum absolute atomic E-state index is 0.137. The van der Waals surface area contributed by atoms with Crippen LogP contribution in [0.3, 0.4) is 0 Å². The van der Waals surface area contributed by atoms with Crippen molar-refractivity contribution in [3.63, 3.8) is 0 Å². The molecule has 1 aliphatic rings. The molecule has 1 heterocycles. The van der Waals surface area contributed by atoms with E-state index in [4.69, 9.17) is 0 Å². The van der Waals surface area contributed by atoms with Crippen LogP contribution < -0.4 is 10.0 Å². The monoisotopic (exact) mass is 631 g/mol. The van der Waals surface area contributed by atoms with Gasteiger partial charge in [0.15, 0.2) is 0 Å². The molecule has 8 nitrogen and oxygen atoms in total. The van der Waals surface area contributed by atoms with Gasteiger partial charge in [-0.3, -0.25) is 9.59 Å². The zero-order valence-electron chi connectivity index (χ0n) is 24.5. The Balaban J connectivity index is 1.52. The Morgan fingerprint density at radius 2 is 1.75 bits per heavy atom. The summed E-state index contributed by atoms with van der Waals surface area (Å²) >= 11 is 0. The number of anilines is 1. The number of carbonyl (C=O) groups is 2. The topological polar surface area (TPSA) is 116 Å². The van der Waals surface area contributed by atoms with Crippen LogP contribution in [0.25, 0.3) is 11.1 Å². The molecule has 3 N–H and O–H groups in total. The number of hydrogen-bond donors (Lipinski definition) is 3. The Hall–Kier alpha value is -3.90. The van der Waals surface area contributed by atoms with E-state index in [2.05, 4.69) is 10.0 Å². The summed E-state index contributed by atoms with van der Waals surface area (Å²) in [5, 5.41) is 12.5. The lowest BCUT2D eigenvalue weighted by atomic mass is 9.93. The van der Waals surface area contributed by atoms with Gasteiger partial charge < -0.3 is 15.3 Å². The van der Waals surface area contributed by atoms with E-state index in [1.807, 2.05) is 37.3 Å². The summed E-state index contributed by atoms with van der Waals surface area (Å²) in [6.45, 7) is 2.59. The Labute approximate surface area is 255 Å². The number of alkyl halides is 3. The van der Waals surface area contributed by atoms with E-state index in [0.717, 1.165) is 28.5 Å². The van der Waals surface area contributed by atoms with Crippen LogP contribution in [0.15, 0.2) is 66.7 Å². The van der Waals surface area contributed by atoms with E-state index >= 15 is 0 Å². The maximum Gasteiger partial charge on any atom is 0.389 e. The van der Waals surface area contributed by atoms with Gasteiger partial charge in [-0.2, -0.15) is 13.2 Å². The second-order valence-electron chi connectivity index (χ2n) is 11.2. The number of halogens is 3. The van der Waals surface area contributed by atoms with Gasteiger partial charge in [0.05, 0.1) is 18.2 Å². The highest BCUT2D eigenvalue weighted by molar-refractivity contribution is 7.88. The summed E-state index contributed by atoms with van der Waals surface area (Å²) in [7, 11) is -3.36. The Bertz CT molecular complexity index is 1590. The third kappa shape index (κ3) is 9.30. The number of hydrogen-bond acceptors (Lipinski definition) is 5.